The number of allylic oxidation sites excluding steroid dienone is 2. The number of likely N-dealkylation sites (N-methyl/N-ethyl adjacent to an activating group) is 1. The van der Waals surface area contributed by atoms with E-state index in [4.69, 9.17) is 4.74 Å². The zero-order valence-corrected chi connectivity index (χ0v) is 7.13. The monoisotopic (exact) mass is 161 g/mol. The third-order valence-corrected chi connectivity index (χ3v) is 2.06. The Balaban J connectivity index is 2.34. The highest BCUT2D eigenvalue weighted by Gasteiger charge is 2.14. The third-order valence-electron chi connectivity index (χ3n) is 2.06. The zero-order chi connectivity index (χ0) is 8.39. The van der Waals surface area contributed by atoms with Crippen molar-refractivity contribution in [3.63, 3.8) is 0 Å². The fourth-order valence-electron chi connectivity index (χ4n) is 1.44. The molecule has 2 nitrogen and oxygen atoms in total. The average Bonchev–Trinajstić information content (AvgIpc) is 2.30. The maximum absolute atomic E-state index is 5.37. The van der Waals surface area contributed by atoms with Gasteiger partial charge in [0, 0.05) is 19.2 Å². The molecule has 0 amide bonds. The van der Waals surface area contributed by atoms with Crippen LogP contribution >= 0.6 is 0 Å². The SMILES string of the molecule is CN1COCC2=C1C=CC#CC2. The standard InChI is InChI=1S/C10H11NO/c1-11-8-12-7-9-5-3-2-4-6-10(9)11/h4,6H,5,7-8H2,1H3. The molecule has 62 valence electrons. The number of rotatable bonds is 0. The first-order valence-corrected chi connectivity index (χ1v) is 4.04. The summed E-state index contributed by atoms with van der Waals surface area (Å²) in [5.41, 5.74) is 2.56. The highest BCUT2D eigenvalue weighted by molar-refractivity contribution is 5.36. The first-order valence-electron chi connectivity index (χ1n) is 4.04. The van der Waals surface area contributed by atoms with E-state index in [0.717, 1.165) is 13.0 Å². The topological polar surface area (TPSA) is 12.5 Å². The summed E-state index contributed by atoms with van der Waals surface area (Å²) in [4.78, 5) is 2.10. The van der Waals surface area contributed by atoms with E-state index in [-0.39, 0.29) is 0 Å². The van der Waals surface area contributed by atoms with Crippen molar-refractivity contribution >= 4 is 0 Å². The van der Waals surface area contributed by atoms with Crippen molar-refractivity contribution in [3.05, 3.63) is 23.4 Å². The van der Waals surface area contributed by atoms with Gasteiger partial charge < -0.3 is 9.64 Å². The summed E-state index contributed by atoms with van der Waals surface area (Å²) >= 11 is 0. The molecule has 0 atom stereocenters. The van der Waals surface area contributed by atoms with E-state index in [1.807, 2.05) is 13.1 Å². The summed E-state index contributed by atoms with van der Waals surface area (Å²) in [5, 5.41) is 0. The van der Waals surface area contributed by atoms with Gasteiger partial charge in [0.1, 0.15) is 6.73 Å². The highest BCUT2D eigenvalue weighted by atomic mass is 16.5. The molecule has 0 fully saturated rings. The van der Waals surface area contributed by atoms with Crippen LogP contribution in [0.25, 0.3) is 0 Å². The summed E-state index contributed by atoms with van der Waals surface area (Å²) in [6, 6.07) is 0. The lowest BCUT2D eigenvalue weighted by Crippen LogP contribution is -2.27. The molecule has 0 saturated heterocycles. The van der Waals surface area contributed by atoms with Gasteiger partial charge in [-0.2, -0.15) is 0 Å². The van der Waals surface area contributed by atoms with Gasteiger partial charge in [-0.3, -0.25) is 0 Å². The van der Waals surface area contributed by atoms with Crippen LogP contribution in [-0.2, 0) is 4.74 Å². The van der Waals surface area contributed by atoms with E-state index in [0.29, 0.717) is 6.73 Å². The molecule has 2 rings (SSSR count). The minimum absolute atomic E-state index is 0.684. The molecule has 0 aromatic rings. The van der Waals surface area contributed by atoms with Gasteiger partial charge in [-0.25, -0.2) is 0 Å². The molecule has 0 aromatic heterocycles. The molecule has 12 heavy (non-hydrogen) atoms. The lowest BCUT2D eigenvalue weighted by molar-refractivity contribution is 0.0566. The lowest BCUT2D eigenvalue weighted by Gasteiger charge is -2.27. The summed E-state index contributed by atoms with van der Waals surface area (Å²) in [6.45, 7) is 1.42. The molecule has 0 N–H and O–H groups in total. The van der Waals surface area contributed by atoms with Crippen molar-refractivity contribution in [3.8, 4) is 11.8 Å². The van der Waals surface area contributed by atoms with Crippen LogP contribution in [0.15, 0.2) is 23.4 Å². The first-order chi connectivity index (χ1) is 5.88. The molecule has 1 aliphatic carbocycles. The number of hydrogen-bond donors (Lipinski definition) is 0. The second kappa shape index (κ2) is 3.04. The summed E-state index contributed by atoms with van der Waals surface area (Å²) in [5.74, 6) is 6.04. The second-order valence-electron chi connectivity index (χ2n) is 3.00. The normalized spacial score (nSPS) is 21.2. The Kier molecular flexibility index (Phi) is 1.89. The fourth-order valence-corrected chi connectivity index (χ4v) is 1.44. The molecule has 2 aliphatic rings. The maximum atomic E-state index is 5.37. The predicted molar refractivity (Wildman–Crippen MR) is 47.1 cm³/mol. The zero-order valence-electron chi connectivity index (χ0n) is 7.13. The van der Waals surface area contributed by atoms with Gasteiger partial charge in [0.15, 0.2) is 0 Å². The van der Waals surface area contributed by atoms with Crippen molar-refractivity contribution in [1.29, 1.82) is 0 Å². The Morgan fingerprint density at radius 1 is 1.58 bits per heavy atom. The van der Waals surface area contributed by atoms with Gasteiger partial charge in [0.25, 0.3) is 0 Å². The minimum atomic E-state index is 0.684. The van der Waals surface area contributed by atoms with Gasteiger partial charge in [0.05, 0.1) is 6.61 Å². The van der Waals surface area contributed by atoms with Gasteiger partial charge in [-0.15, -0.1) is 0 Å². The lowest BCUT2D eigenvalue weighted by atomic mass is 10.1. The molecule has 0 spiro atoms. The Bertz CT molecular complexity index is 304. The predicted octanol–water partition coefficient (Wildman–Crippen LogP) is 1.12. The molecule has 0 aromatic carbocycles. The van der Waals surface area contributed by atoms with Crippen LogP contribution in [0, 0.1) is 11.8 Å². The average molecular weight is 161 g/mol. The Hall–Kier alpha value is -1.20. The van der Waals surface area contributed by atoms with Crippen LogP contribution in [0.2, 0.25) is 0 Å². The Labute approximate surface area is 72.5 Å². The molecule has 2 heteroatoms. The number of nitrogens with zero attached hydrogens (tertiary/aromatic N) is 1. The Morgan fingerprint density at radius 2 is 2.50 bits per heavy atom. The fraction of sp³-hybridized carbons (Fsp3) is 0.400. The van der Waals surface area contributed by atoms with E-state index in [1.54, 1.807) is 0 Å². The van der Waals surface area contributed by atoms with Crippen LogP contribution in [0.3, 0.4) is 0 Å². The van der Waals surface area contributed by atoms with E-state index >= 15 is 0 Å². The molecule has 0 bridgehead atoms. The maximum Gasteiger partial charge on any atom is 0.119 e. The van der Waals surface area contributed by atoms with Crippen molar-refractivity contribution in [2.75, 3.05) is 20.4 Å². The number of ether oxygens (including phenoxy) is 1. The molecule has 1 heterocycles. The Morgan fingerprint density at radius 3 is 3.42 bits per heavy atom. The van der Waals surface area contributed by atoms with E-state index < -0.39 is 0 Å². The molecule has 0 saturated carbocycles. The van der Waals surface area contributed by atoms with Crippen molar-refractivity contribution in [2.45, 2.75) is 6.42 Å². The molecular formula is C10H11NO. The smallest absolute Gasteiger partial charge is 0.119 e. The van der Waals surface area contributed by atoms with E-state index in [2.05, 4.69) is 22.8 Å². The third kappa shape index (κ3) is 1.24. The highest BCUT2D eigenvalue weighted by Crippen LogP contribution is 2.19. The summed E-state index contributed by atoms with van der Waals surface area (Å²) in [6.07, 6.45) is 4.81. The molecule has 0 unspecified atom stereocenters. The van der Waals surface area contributed by atoms with Crippen molar-refractivity contribution in [2.24, 2.45) is 0 Å². The van der Waals surface area contributed by atoms with Gasteiger partial charge in [-0.1, -0.05) is 11.8 Å². The largest absolute Gasteiger partial charge is 0.357 e. The molecule has 1 aliphatic heterocycles. The van der Waals surface area contributed by atoms with Gasteiger partial charge >= 0.3 is 0 Å². The van der Waals surface area contributed by atoms with Gasteiger partial charge in [-0.05, 0) is 17.7 Å². The van der Waals surface area contributed by atoms with Crippen LogP contribution in [0.5, 0.6) is 0 Å². The molecular weight excluding hydrogens is 150 g/mol. The van der Waals surface area contributed by atoms with Crippen LogP contribution < -0.4 is 0 Å². The summed E-state index contributed by atoms with van der Waals surface area (Å²) < 4.78 is 5.37. The van der Waals surface area contributed by atoms with Crippen LogP contribution in [0.1, 0.15) is 6.42 Å². The van der Waals surface area contributed by atoms with Gasteiger partial charge in [0.2, 0.25) is 0 Å². The summed E-state index contributed by atoms with van der Waals surface area (Å²) in [7, 11) is 2.03. The van der Waals surface area contributed by atoms with Crippen molar-refractivity contribution in [1.82, 2.24) is 4.90 Å². The molecule has 0 radical (unpaired) electrons. The van der Waals surface area contributed by atoms with Crippen LogP contribution in [0.4, 0.5) is 0 Å². The minimum Gasteiger partial charge on any atom is -0.357 e. The number of hydrogen-bond acceptors (Lipinski definition) is 2. The van der Waals surface area contributed by atoms with E-state index in [9.17, 15) is 0 Å². The van der Waals surface area contributed by atoms with Crippen molar-refractivity contribution < 1.29 is 4.74 Å². The van der Waals surface area contributed by atoms with E-state index in [1.165, 1.54) is 11.3 Å². The quantitative estimate of drug-likeness (QED) is 0.494. The first kappa shape index (κ1) is 7.45. The van der Waals surface area contributed by atoms with Crippen LogP contribution in [-0.4, -0.2) is 25.3 Å². The second-order valence-corrected chi connectivity index (χ2v) is 3.00.